The van der Waals surface area contributed by atoms with E-state index in [0.29, 0.717) is 0 Å². The minimum Gasteiger partial charge on any atom is -0.381 e. The Hall–Kier alpha value is -1.70. The van der Waals surface area contributed by atoms with Gasteiger partial charge in [-0.15, -0.1) is 0 Å². The Morgan fingerprint density at radius 2 is 1.47 bits per heavy atom. The normalized spacial score (nSPS) is 15.3. The second kappa shape index (κ2) is 5.52. The van der Waals surface area contributed by atoms with E-state index < -0.39 is 0 Å². The van der Waals surface area contributed by atoms with Gasteiger partial charge in [0.05, 0.1) is 0 Å². The predicted octanol–water partition coefficient (Wildman–Crippen LogP) is 3.51. The van der Waals surface area contributed by atoms with Crippen LogP contribution in [0.1, 0.15) is 24.0 Å². The average Bonchev–Trinajstić information content (AvgIpc) is 2.38. The first-order valence-corrected chi connectivity index (χ1v) is 6.84. The van der Waals surface area contributed by atoms with Crippen molar-refractivity contribution in [2.45, 2.75) is 19.8 Å². The minimum absolute atomic E-state index is 1.11. The molecule has 1 aromatic rings. The molecule has 0 unspecified atom stereocenters. The predicted molar refractivity (Wildman–Crippen MR) is 82.8 cm³/mol. The van der Waals surface area contributed by atoms with Crippen molar-refractivity contribution in [2.24, 2.45) is 0 Å². The molecule has 0 heterocycles. The lowest BCUT2D eigenvalue weighted by molar-refractivity contribution is 0.468. The quantitative estimate of drug-likeness (QED) is 0.816. The third-order valence-electron chi connectivity index (χ3n) is 3.70. The number of nitrogens with zero attached hydrogens (tertiary/aromatic N) is 2. The Bertz CT molecular complexity index is 505. The van der Waals surface area contributed by atoms with Crippen LogP contribution in [0.2, 0.25) is 0 Å². The van der Waals surface area contributed by atoms with Gasteiger partial charge in [-0.25, -0.2) is 0 Å². The first-order valence-electron chi connectivity index (χ1n) is 6.84. The molecular formula is C17H24N2. The molecule has 1 aromatic carbocycles. The highest BCUT2D eigenvalue weighted by Gasteiger charge is 2.17. The molecule has 0 fully saturated rings. The van der Waals surface area contributed by atoms with Crippen LogP contribution >= 0.6 is 0 Å². The summed E-state index contributed by atoms with van der Waals surface area (Å²) in [5.41, 5.74) is 6.86. The molecule has 2 rings (SSSR count). The molecule has 0 saturated heterocycles. The van der Waals surface area contributed by atoms with Crippen molar-refractivity contribution >= 4 is 5.57 Å². The van der Waals surface area contributed by atoms with Crippen molar-refractivity contribution < 1.29 is 0 Å². The van der Waals surface area contributed by atoms with Crippen molar-refractivity contribution in [1.82, 2.24) is 9.80 Å². The first-order chi connectivity index (χ1) is 8.99. The zero-order valence-corrected chi connectivity index (χ0v) is 12.7. The lowest BCUT2D eigenvalue weighted by Gasteiger charge is -2.28. The summed E-state index contributed by atoms with van der Waals surface area (Å²) in [4.78, 5) is 4.44. The molecular weight excluding hydrogens is 232 g/mol. The van der Waals surface area contributed by atoms with Crippen LogP contribution in [0, 0.1) is 6.92 Å². The van der Waals surface area contributed by atoms with Crippen LogP contribution in [0.3, 0.4) is 0 Å². The molecule has 2 nitrogen and oxygen atoms in total. The highest BCUT2D eigenvalue weighted by Crippen LogP contribution is 2.33. The molecule has 0 spiro atoms. The Kier molecular flexibility index (Phi) is 3.98. The van der Waals surface area contributed by atoms with Gasteiger partial charge in [0.15, 0.2) is 0 Å². The Labute approximate surface area is 117 Å². The summed E-state index contributed by atoms with van der Waals surface area (Å²) in [5.74, 6) is 0. The second-order valence-corrected chi connectivity index (χ2v) is 5.65. The van der Waals surface area contributed by atoms with Crippen molar-refractivity contribution in [1.29, 1.82) is 0 Å². The van der Waals surface area contributed by atoms with Gasteiger partial charge in [0.25, 0.3) is 0 Å². The molecule has 1 aliphatic rings. The smallest absolute Gasteiger partial charge is 0.0417 e. The standard InChI is InChI=1S/C17H24N2/c1-13-6-8-14(9-7-13)16-11-10-15(18(2)3)12-17(16)19(4)5/h6-9,12H,10-11H2,1-5H3. The van der Waals surface area contributed by atoms with E-state index >= 15 is 0 Å². The molecule has 0 atom stereocenters. The molecule has 0 amide bonds. The summed E-state index contributed by atoms with van der Waals surface area (Å²) < 4.78 is 0. The Morgan fingerprint density at radius 1 is 0.842 bits per heavy atom. The summed E-state index contributed by atoms with van der Waals surface area (Å²) >= 11 is 0. The van der Waals surface area contributed by atoms with E-state index in [1.165, 1.54) is 28.1 Å². The molecule has 2 heteroatoms. The van der Waals surface area contributed by atoms with Gasteiger partial charge < -0.3 is 9.80 Å². The van der Waals surface area contributed by atoms with E-state index in [2.05, 4.69) is 75.3 Å². The SMILES string of the molecule is Cc1ccc(C2=C(N(C)C)C=C(N(C)C)CC2)cc1. The largest absolute Gasteiger partial charge is 0.381 e. The number of aryl methyl sites for hydroxylation is 1. The lowest BCUT2D eigenvalue weighted by atomic mass is 9.92. The number of rotatable bonds is 3. The van der Waals surface area contributed by atoms with E-state index in [0.717, 1.165) is 12.8 Å². The maximum Gasteiger partial charge on any atom is 0.0417 e. The Morgan fingerprint density at radius 3 is 2.00 bits per heavy atom. The maximum atomic E-state index is 2.32. The molecule has 19 heavy (non-hydrogen) atoms. The lowest BCUT2D eigenvalue weighted by Crippen LogP contribution is -2.19. The van der Waals surface area contributed by atoms with Crippen molar-refractivity contribution in [3.63, 3.8) is 0 Å². The fourth-order valence-electron chi connectivity index (χ4n) is 2.50. The van der Waals surface area contributed by atoms with E-state index in [9.17, 15) is 0 Å². The number of benzene rings is 1. The number of allylic oxidation sites excluding steroid dienone is 3. The molecule has 0 aromatic heterocycles. The molecule has 102 valence electrons. The van der Waals surface area contributed by atoms with Crippen LogP contribution in [-0.4, -0.2) is 38.0 Å². The van der Waals surface area contributed by atoms with Crippen molar-refractivity contribution in [3.8, 4) is 0 Å². The first kappa shape index (κ1) is 13.7. The highest BCUT2D eigenvalue weighted by molar-refractivity contribution is 5.72. The molecule has 0 saturated carbocycles. The zero-order chi connectivity index (χ0) is 14.0. The molecule has 1 aliphatic carbocycles. The second-order valence-electron chi connectivity index (χ2n) is 5.65. The fourth-order valence-corrected chi connectivity index (χ4v) is 2.50. The van der Waals surface area contributed by atoms with E-state index in [1.54, 1.807) is 0 Å². The topological polar surface area (TPSA) is 6.48 Å². The summed E-state index contributed by atoms with van der Waals surface area (Å²) in [6.07, 6.45) is 4.55. The van der Waals surface area contributed by atoms with Gasteiger partial charge in [-0.2, -0.15) is 0 Å². The maximum absolute atomic E-state index is 2.32. The van der Waals surface area contributed by atoms with Gasteiger partial charge in [0.2, 0.25) is 0 Å². The monoisotopic (exact) mass is 256 g/mol. The fraction of sp³-hybridized carbons (Fsp3) is 0.412. The van der Waals surface area contributed by atoms with Gasteiger partial charge in [-0.1, -0.05) is 29.8 Å². The number of hydrogen-bond donors (Lipinski definition) is 0. The third-order valence-corrected chi connectivity index (χ3v) is 3.70. The zero-order valence-electron chi connectivity index (χ0n) is 12.7. The van der Waals surface area contributed by atoms with Crippen LogP contribution in [0.5, 0.6) is 0 Å². The van der Waals surface area contributed by atoms with Crippen LogP contribution in [0.4, 0.5) is 0 Å². The van der Waals surface area contributed by atoms with Crippen LogP contribution in [0.25, 0.3) is 5.57 Å². The Balaban J connectivity index is 2.45. The van der Waals surface area contributed by atoms with Gasteiger partial charge in [-0.3, -0.25) is 0 Å². The van der Waals surface area contributed by atoms with Gasteiger partial charge in [-0.05, 0) is 37.0 Å². The minimum atomic E-state index is 1.11. The van der Waals surface area contributed by atoms with E-state index in [1.807, 2.05) is 0 Å². The van der Waals surface area contributed by atoms with E-state index in [-0.39, 0.29) is 0 Å². The summed E-state index contributed by atoms with van der Waals surface area (Å²) in [7, 11) is 8.49. The third kappa shape index (κ3) is 3.01. The molecule has 0 N–H and O–H groups in total. The number of likely N-dealkylation sites (N-methyl/N-ethyl adjacent to an activating group) is 1. The van der Waals surface area contributed by atoms with Crippen LogP contribution < -0.4 is 0 Å². The average molecular weight is 256 g/mol. The van der Waals surface area contributed by atoms with Gasteiger partial charge in [0.1, 0.15) is 0 Å². The van der Waals surface area contributed by atoms with E-state index in [4.69, 9.17) is 0 Å². The summed E-state index contributed by atoms with van der Waals surface area (Å²) in [6, 6.07) is 8.87. The summed E-state index contributed by atoms with van der Waals surface area (Å²) in [5, 5.41) is 0. The molecule has 0 aliphatic heterocycles. The van der Waals surface area contributed by atoms with Crippen LogP contribution in [-0.2, 0) is 0 Å². The number of hydrogen-bond acceptors (Lipinski definition) is 2. The summed E-state index contributed by atoms with van der Waals surface area (Å²) in [6.45, 7) is 2.13. The highest BCUT2D eigenvalue weighted by atomic mass is 15.1. The molecule has 0 radical (unpaired) electrons. The van der Waals surface area contributed by atoms with Crippen molar-refractivity contribution in [2.75, 3.05) is 28.2 Å². The van der Waals surface area contributed by atoms with Crippen molar-refractivity contribution in [3.05, 3.63) is 52.9 Å². The molecule has 0 bridgehead atoms. The van der Waals surface area contributed by atoms with Gasteiger partial charge >= 0.3 is 0 Å². The van der Waals surface area contributed by atoms with Gasteiger partial charge in [0, 0.05) is 39.6 Å². The van der Waals surface area contributed by atoms with Crippen LogP contribution in [0.15, 0.2) is 41.7 Å².